The van der Waals surface area contributed by atoms with Gasteiger partial charge >= 0.3 is 6.18 Å². The molecule has 0 amide bonds. The Kier molecular flexibility index (Phi) is 5.98. The monoisotopic (exact) mass is 449 g/mol. The van der Waals surface area contributed by atoms with E-state index in [4.69, 9.17) is 10.1 Å². The summed E-state index contributed by atoms with van der Waals surface area (Å²) in [5, 5.41) is 31.2. The predicted molar refractivity (Wildman–Crippen MR) is 109 cm³/mol. The van der Waals surface area contributed by atoms with Crippen LogP contribution >= 0.6 is 0 Å². The van der Waals surface area contributed by atoms with Crippen LogP contribution < -0.4 is 0 Å². The maximum Gasteiger partial charge on any atom is 0.391 e. The molecule has 9 nitrogen and oxygen atoms in total. The highest BCUT2D eigenvalue weighted by Gasteiger charge is 2.32. The molecule has 2 atom stereocenters. The molecule has 0 aliphatic rings. The van der Waals surface area contributed by atoms with E-state index in [2.05, 4.69) is 15.3 Å². The number of fused-ring (bicyclic) bond motifs is 1. The average molecular weight is 449 g/mol. The van der Waals surface area contributed by atoms with Gasteiger partial charge in [0.1, 0.15) is 0 Å². The Morgan fingerprint density at radius 3 is 2.56 bits per heavy atom. The normalized spacial score (nSPS) is 14.2. The van der Waals surface area contributed by atoms with Crippen LogP contribution in [0.3, 0.4) is 0 Å². The van der Waals surface area contributed by atoms with Crippen LogP contribution in [0.25, 0.3) is 28.0 Å². The lowest BCUT2D eigenvalue weighted by Crippen LogP contribution is -2.19. The van der Waals surface area contributed by atoms with Gasteiger partial charge in [0.25, 0.3) is 0 Å². The first-order valence-electron chi connectivity index (χ1n) is 10.0. The lowest BCUT2D eigenvalue weighted by molar-refractivity contribution is -0.143. The Morgan fingerprint density at radius 1 is 1.06 bits per heavy atom. The summed E-state index contributed by atoms with van der Waals surface area (Å²) >= 11 is 0. The van der Waals surface area contributed by atoms with Crippen molar-refractivity contribution < 1.29 is 23.4 Å². The van der Waals surface area contributed by atoms with Crippen LogP contribution in [0.4, 0.5) is 13.2 Å². The Bertz CT molecular complexity index is 1200. The Hall–Kier alpha value is -3.25. The van der Waals surface area contributed by atoms with Gasteiger partial charge in [-0.1, -0.05) is 6.92 Å². The van der Waals surface area contributed by atoms with E-state index in [1.807, 2.05) is 0 Å². The molecule has 4 aromatic heterocycles. The lowest BCUT2D eigenvalue weighted by atomic mass is 10.1. The van der Waals surface area contributed by atoms with Gasteiger partial charge in [-0.15, -0.1) is 0 Å². The van der Waals surface area contributed by atoms with Crippen LogP contribution in [0, 0.1) is 0 Å². The number of aliphatic hydroxyl groups is 2. The maximum absolute atomic E-state index is 12.9. The molecule has 0 saturated heterocycles. The number of hydrogen-bond acceptors (Lipinski definition) is 6. The van der Waals surface area contributed by atoms with Gasteiger partial charge in [0.05, 0.1) is 73.4 Å². The number of nitrogens with zero attached hydrogens (tertiary/aromatic N) is 7. The second-order valence-corrected chi connectivity index (χ2v) is 7.51. The molecule has 0 bridgehead atoms. The van der Waals surface area contributed by atoms with Crippen molar-refractivity contribution in [2.45, 2.75) is 44.6 Å². The van der Waals surface area contributed by atoms with Crippen molar-refractivity contribution >= 4 is 5.52 Å². The average Bonchev–Trinajstić information content (AvgIpc) is 3.50. The quantitative estimate of drug-likeness (QED) is 0.429. The van der Waals surface area contributed by atoms with Gasteiger partial charge in [-0.3, -0.25) is 9.36 Å². The van der Waals surface area contributed by atoms with Crippen molar-refractivity contribution in [2.75, 3.05) is 6.61 Å². The molecular weight excluding hydrogens is 427 g/mol. The van der Waals surface area contributed by atoms with Gasteiger partial charge in [-0.05, 0) is 12.5 Å². The molecule has 0 spiro atoms. The third-order valence-electron chi connectivity index (χ3n) is 5.11. The highest BCUT2D eigenvalue weighted by Crippen LogP contribution is 2.31. The van der Waals surface area contributed by atoms with Gasteiger partial charge in [-0.25, -0.2) is 9.50 Å². The molecule has 2 N–H and O–H groups in total. The second kappa shape index (κ2) is 8.71. The number of hydrogen-bond donors (Lipinski definition) is 2. The van der Waals surface area contributed by atoms with Gasteiger partial charge in [0, 0.05) is 23.5 Å². The Morgan fingerprint density at radius 2 is 1.84 bits per heavy atom. The van der Waals surface area contributed by atoms with E-state index < -0.39 is 24.7 Å². The smallest absolute Gasteiger partial charge is 0.391 e. The van der Waals surface area contributed by atoms with Gasteiger partial charge in [0.15, 0.2) is 0 Å². The highest BCUT2D eigenvalue weighted by molar-refractivity contribution is 5.78. The number of aromatic nitrogens is 7. The van der Waals surface area contributed by atoms with E-state index in [1.165, 1.54) is 15.6 Å². The van der Waals surface area contributed by atoms with Gasteiger partial charge in [-0.2, -0.15) is 28.5 Å². The fourth-order valence-electron chi connectivity index (χ4n) is 3.50. The predicted octanol–water partition coefficient (Wildman–Crippen LogP) is 2.71. The van der Waals surface area contributed by atoms with Crippen molar-refractivity contribution in [3.8, 4) is 22.5 Å². The van der Waals surface area contributed by atoms with Crippen molar-refractivity contribution in [1.29, 1.82) is 0 Å². The molecule has 4 heterocycles. The zero-order valence-electron chi connectivity index (χ0n) is 17.2. The molecule has 4 rings (SSSR count). The van der Waals surface area contributed by atoms with Gasteiger partial charge in [0.2, 0.25) is 0 Å². The first-order valence-corrected chi connectivity index (χ1v) is 10.0. The summed E-state index contributed by atoms with van der Waals surface area (Å²) in [4.78, 5) is 4.70. The Labute approximate surface area is 180 Å². The van der Waals surface area contributed by atoms with Gasteiger partial charge < -0.3 is 10.2 Å². The maximum atomic E-state index is 12.9. The number of aliphatic hydroxyl groups excluding tert-OH is 2. The molecule has 0 saturated carbocycles. The van der Waals surface area contributed by atoms with Crippen LogP contribution in [0.15, 0.2) is 43.2 Å². The lowest BCUT2D eigenvalue weighted by Gasteiger charge is -2.17. The van der Waals surface area contributed by atoms with E-state index in [1.54, 1.807) is 48.5 Å². The van der Waals surface area contributed by atoms with E-state index in [0.29, 0.717) is 28.0 Å². The SMILES string of the molecule is CCC(CC(F)(F)F)n1cc(-c2nc(-c3cnn(CC(O)CO)c3)cn3nccc23)cn1. The molecule has 170 valence electrons. The summed E-state index contributed by atoms with van der Waals surface area (Å²) < 4.78 is 43.2. The number of alkyl halides is 3. The molecule has 32 heavy (non-hydrogen) atoms. The molecule has 0 aliphatic carbocycles. The fourth-order valence-corrected chi connectivity index (χ4v) is 3.50. The summed E-state index contributed by atoms with van der Waals surface area (Å²) in [7, 11) is 0. The topological polar surface area (TPSA) is 106 Å². The zero-order chi connectivity index (χ0) is 22.9. The molecule has 12 heteroatoms. The first-order chi connectivity index (χ1) is 15.3. The third kappa shape index (κ3) is 4.65. The molecular formula is C20H22F3N7O2. The zero-order valence-corrected chi connectivity index (χ0v) is 17.2. The molecule has 4 aromatic rings. The van der Waals surface area contributed by atoms with Crippen LogP contribution in [-0.4, -0.2) is 63.3 Å². The molecule has 0 aliphatic heterocycles. The van der Waals surface area contributed by atoms with Crippen LogP contribution in [-0.2, 0) is 6.54 Å². The minimum atomic E-state index is -4.28. The first kappa shape index (κ1) is 22.0. The largest absolute Gasteiger partial charge is 0.394 e. The standard InChI is InChI=1S/C20H22F3N7O2/c1-2-15(5-20(21,22)23)29-9-14(7-26-29)19-18-3-4-24-30(18)11-17(27-19)13-6-25-28(8-13)10-16(32)12-31/h3-4,6-9,11,15-16,31-32H,2,5,10,12H2,1H3. The number of rotatable bonds is 8. The summed E-state index contributed by atoms with van der Waals surface area (Å²) in [5.74, 6) is 0. The van der Waals surface area contributed by atoms with E-state index >= 15 is 0 Å². The molecule has 0 fully saturated rings. The molecule has 0 radical (unpaired) electrons. The highest BCUT2D eigenvalue weighted by atomic mass is 19.4. The van der Waals surface area contributed by atoms with E-state index in [0.717, 1.165) is 0 Å². The van der Waals surface area contributed by atoms with E-state index in [9.17, 15) is 18.3 Å². The van der Waals surface area contributed by atoms with E-state index in [-0.39, 0.29) is 19.6 Å². The molecule has 2 unspecified atom stereocenters. The molecule has 0 aromatic carbocycles. The van der Waals surface area contributed by atoms with Crippen LogP contribution in [0.2, 0.25) is 0 Å². The van der Waals surface area contributed by atoms with Crippen LogP contribution in [0.5, 0.6) is 0 Å². The summed E-state index contributed by atoms with van der Waals surface area (Å²) in [5.41, 5.74) is 2.97. The number of halogens is 3. The van der Waals surface area contributed by atoms with Crippen molar-refractivity contribution in [3.63, 3.8) is 0 Å². The third-order valence-corrected chi connectivity index (χ3v) is 5.11. The van der Waals surface area contributed by atoms with Crippen molar-refractivity contribution in [3.05, 3.63) is 43.2 Å². The summed E-state index contributed by atoms with van der Waals surface area (Å²) in [6, 6.07) is 0.960. The van der Waals surface area contributed by atoms with Crippen molar-refractivity contribution in [1.82, 2.24) is 34.2 Å². The minimum absolute atomic E-state index is 0.123. The minimum Gasteiger partial charge on any atom is -0.394 e. The Balaban J connectivity index is 1.70. The fraction of sp³-hybridized carbons (Fsp3) is 0.400. The van der Waals surface area contributed by atoms with Crippen molar-refractivity contribution in [2.24, 2.45) is 0 Å². The summed E-state index contributed by atoms with van der Waals surface area (Å²) in [6.07, 6.45) is 3.75. The van der Waals surface area contributed by atoms with Crippen LogP contribution in [0.1, 0.15) is 25.8 Å². The second-order valence-electron chi connectivity index (χ2n) is 7.51. The summed E-state index contributed by atoms with van der Waals surface area (Å²) in [6.45, 7) is 1.43.